The van der Waals surface area contributed by atoms with Crippen LogP contribution in [0.3, 0.4) is 0 Å². The molecule has 3 aromatic rings. The van der Waals surface area contributed by atoms with Crippen molar-refractivity contribution >= 4 is 56.2 Å². The smallest absolute Gasteiger partial charge is 0.408 e. The first kappa shape index (κ1) is 43.8. The van der Waals surface area contributed by atoms with Crippen molar-refractivity contribution in [2.75, 3.05) is 20.8 Å². The van der Waals surface area contributed by atoms with Crippen LogP contribution in [0.25, 0.3) is 22.0 Å². The van der Waals surface area contributed by atoms with Gasteiger partial charge in [0.15, 0.2) is 0 Å². The number of ether oxygens (including phenoxy) is 4. The van der Waals surface area contributed by atoms with Gasteiger partial charge in [-0.05, 0) is 135 Å². The fraction of sp³-hybridized carbons (Fsp3) is 0.562. The number of fused-ring (bicyclic) bond motifs is 3. The molecule has 17 heteroatoms. The van der Waals surface area contributed by atoms with Gasteiger partial charge in [-0.3, -0.25) is 19.1 Å². The van der Waals surface area contributed by atoms with E-state index in [0.29, 0.717) is 69.7 Å². The Balaban J connectivity index is 0.982. The Morgan fingerprint density at radius 2 is 1.71 bits per heavy atom. The van der Waals surface area contributed by atoms with E-state index in [0.717, 1.165) is 24.6 Å². The first-order valence-electron chi connectivity index (χ1n) is 22.9. The maximum absolute atomic E-state index is 15.2. The maximum Gasteiger partial charge on any atom is 0.408 e. The Labute approximate surface area is 383 Å². The van der Waals surface area contributed by atoms with E-state index in [4.69, 9.17) is 35.5 Å². The second kappa shape index (κ2) is 16.1. The van der Waals surface area contributed by atoms with Gasteiger partial charge in [-0.25, -0.2) is 18.2 Å². The van der Waals surface area contributed by atoms with Gasteiger partial charge >= 0.3 is 6.09 Å². The van der Waals surface area contributed by atoms with Crippen LogP contribution < -0.4 is 29.6 Å². The third-order valence-corrected chi connectivity index (χ3v) is 17.5. The normalized spacial score (nSPS) is 34.3. The van der Waals surface area contributed by atoms with Crippen molar-refractivity contribution in [3.8, 4) is 28.6 Å². The molecule has 0 spiro atoms. The molecule has 0 radical (unpaired) electrons. The molecule has 7 aliphatic rings. The first-order chi connectivity index (χ1) is 31.0. The highest BCUT2D eigenvalue weighted by Crippen LogP contribution is 2.93. The number of allylic oxidation sites excluding steroid dienone is 1. The lowest BCUT2D eigenvalue weighted by Gasteiger charge is -2.33. The quantitative estimate of drug-likeness (QED) is 0.189. The Bertz CT molecular complexity index is 2600. The fourth-order valence-corrected chi connectivity index (χ4v) is 12.9. The molecule has 2 aliphatic heterocycles. The molecule has 5 aliphatic carbocycles. The molecular formula is C48H56ClN5O10S. The third-order valence-electron chi connectivity index (χ3n) is 15.4. The molecule has 2 aromatic carbocycles. The number of nitrogens with zero attached hydrogens (tertiary/aromatic N) is 2. The Morgan fingerprint density at radius 1 is 0.938 bits per heavy atom. The van der Waals surface area contributed by atoms with Gasteiger partial charge in [0.05, 0.1) is 36.7 Å². The maximum atomic E-state index is 15.2. The van der Waals surface area contributed by atoms with Crippen molar-refractivity contribution < 1.29 is 46.5 Å². The summed E-state index contributed by atoms with van der Waals surface area (Å²) < 4.78 is 52.0. The number of carbonyl (C=O) groups excluding carboxylic acids is 4. The van der Waals surface area contributed by atoms with Gasteiger partial charge in [-0.2, -0.15) is 0 Å². The summed E-state index contributed by atoms with van der Waals surface area (Å²) in [4.78, 5) is 64.1. The van der Waals surface area contributed by atoms with Crippen LogP contribution in [0.2, 0.25) is 5.02 Å². The molecular weight excluding hydrogens is 874 g/mol. The molecule has 1 saturated heterocycles. The molecule has 7 atom stereocenters. The minimum absolute atomic E-state index is 0.00224. The van der Waals surface area contributed by atoms with E-state index in [1.807, 2.05) is 43.3 Å². The van der Waals surface area contributed by atoms with Gasteiger partial charge < -0.3 is 34.5 Å². The molecule has 65 heavy (non-hydrogen) atoms. The van der Waals surface area contributed by atoms with Gasteiger partial charge in [0.1, 0.15) is 41.3 Å². The average Bonchev–Trinajstić information content (AvgIpc) is 4.22. The van der Waals surface area contributed by atoms with Crippen LogP contribution in [0.1, 0.15) is 84.5 Å². The van der Waals surface area contributed by atoms with Crippen molar-refractivity contribution in [1.29, 1.82) is 0 Å². The molecule has 10 rings (SSSR count). The number of hydrogen-bond acceptors (Lipinski definition) is 11. The van der Waals surface area contributed by atoms with Crippen molar-refractivity contribution in [2.24, 2.45) is 28.6 Å². The lowest BCUT2D eigenvalue weighted by atomic mass is 9.88. The summed E-state index contributed by atoms with van der Waals surface area (Å²) >= 11 is 6.55. The minimum Gasteiger partial charge on any atom is -0.497 e. The van der Waals surface area contributed by atoms with Crippen LogP contribution in [0.4, 0.5) is 4.79 Å². The van der Waals surface area contributed by atoms with Crippen LogP contribution in [0.5, 0.6) is 17.4 Å². The van der Waals surface area contributed by atoms with Crippen LogP contribution in [0, 0.1) is 28.6 Å². The van der Waals surface area contributed by atoms with Crippen molar-refractivity contribution in [3.63, 3.8) is 0 Å². The minimum atomic E-state index is -3.94. The molecule has 346 valence electrons. The van der Waals surface area contributed by atoms with Crippen LogP contribution in [0.15, 0.2) is 54.6 Å². The predicted molar refractivity (Wildman–Crippen MR) is 241 cm³/mol. The number of methoxy groups -OCH3 is 2. The SMILES string of the molecule is COc1ccc2c(O[C@@H]3C[C@H]4C(=O)N[C@]5(C(=O)NS(=O)(=O)C6CC6)C[C@H]5/C=C\CC[C@@H](C)C[C@@H](C)[C@H](NC(=O)OC5CC67CC6(C5)C7)C(=O)N4C3)nc(-c3ccc(OC)c(Cl)c3)cc2c1. The standard InChI is InChI=1S/C48H56ClN5O10S/c1-26-7-5-6-8-30-20-48(30,44(57)53-65(59,60)34-11-12-34)52-41(55)38-19-32(23-54(38)43(56)40(27(2)15-26)51-45(58)64-33-21-46-24-47(46,22-33)25-46)63-42-35-13-10-31(61-3)16-29(35)18-37(50-42)28-9-14-39(62-4)36(49)17-28/h6,8-10,13-14,16-18,26-27,30,32-34,38,40H,5,7,11-12,15,19-25H2,1-4H3,(H,51,58)(H,52,55)(H,53,57)/b8-6-/t26-,27-,30-,32-,33?,38+,40+,46?,47?,48-/m1/s1. The highest BCUT2D eigenvalue weighted by molar-refractivity contribution is 7.91. The summed E-state index contributed by atoms with van der Waals surface area (Å²) in [6.07, 6.45) is 9.44. The number of aromatic nitrogens is 1. The van der Waals surface area contributed by atoms with Gasteiger partial charge in [-0.15, -0.1) is 0 Å². The number of amides is 4. The zero-order chi connectivity index (χ0) is 45.6. The van der Waals surface area contributed by atoms with Gasteiger partial charge in [0.2, 0.25) is 27.7 Å². The number of alkyl carbamates (subject to hydrolysis) is 1. The zero-order valence-corrected chi connectivity index (χ0v) is 38.6. The second-order valence-corrected chi connectivity index (χ2v) is 22.3. The number of halogens is 1. The number of hydrogen-bond donors (Lipinski definition) is 3. The molecule has 4 amide bonds. The number of nitrogens with one attached hydrogen (secondary N) is 3. The number of carbonyl (C=O) groups is 4. The molecule has 3 N–H and O–H groups in total. The highest BCUT2D eigenvalue weighted by atomic mass is 35.5. The van der Waals surface area contributed by atoms with E-state index in [-0.39, 0.29) is 43.2 Å². The number of benzene rings is 2. The molecule has 15 nitrogen and oxygen atoms in total. The lowest BCUT2D eigenvalue weighted by molar-refractivity contribution is -0.142. The number of pyridine rings is 1. The van der Waals surface area contributed by atoms with Crippen LogP contribution in [-0.4, -0.2) is 98.0 Å². The van der Waals surface area contributed by atoms with E-state index in [2.05, 4.69) is 22.3 Å². The second-order valence-electron chi connectivity index (χ2n) is 20.0. The lowest BCUT2D eigenvalue weighted by Crippen LogP contribution is -2.59. The molecule has 6 fully saturated rings. The summed E-state index contributed by atoms with van der Waals surface area (Å²) in [5.41, 5.74) is 0.355. The van der Waals surface area contributed by atoms with E-state index in [1.165, 1.54) is 24.9 Å². The Morgan fingerprint density at radius 3 is 2.42 bits per heavy atom. The van der Waals surface area contributed by atoms with Crippen molar-refractivity contribution in [2.45, 2.75) is 120 Å². The molecule has 1 aromatic heterocycles. The highest BCUT2D eigenvalue weighted by Gasteiger charge is 2.86. The van der Waals surface area contributed by atoms with E-state index < -0.39 is 68.7 Å². The van der Waals surface area contributed by atoms with Crippen molar-refractivity contribution in [3.05, 3.63) is 59.6 Å². The first-order valence-corrected chi connectivity index (χ1v) is 24.8. The van der Waals surface area contributed by atoms with Gasteiger partial charge in [0.25, 0.3) is 5.91 Å². The van der Waals surface area contributed by atoms with E-state index >= 15 is 4.79 Å². The molecule has 3 heterocycles. The topological polar surface area (TPSA) is 192 Å². The fourth-order valence-electron chi connectivity index (χ4n) is 11.3. The largest absolute Gasteiger partial charge is 0.497 e. The predicted octanol–water partition coefficient (Wildman–Crippen LogP) is 6.45. The summed E-state index contributed by atoms with van der Waals surface area (Å²) in [7, 11) is -0.824. The zero-order valence-electron chi connectivity index (χ0n) is 37.1. The molecule has 0 bridgehead atoms. The number of sulfonamides is 1. The summed E-state index contributed by atoms with van der Waals surface area (Å²) in [5, 5.41) is 7.04. The van der Waals surface area contributed by atoms with Crippen molar-refractivity contribution in [1.82, 2.24) is 25.2 Å². The summed E-state index contributed by atoms with van der Waals surface area (Å²) in [5.74, 6) is -1.23. The monoisotopic (exact) mass is 929 g/mol. The molecule has 5 saturated carbocycles. The van der Waals surface area contributed by atoms with E-state index in [1.54, 1.807) is 25.3 Å². The Kier molecular flexibility index (Phi) is 10.8. The summed E-state index contributed by atoms with van der Waals surface area (Å²) in [6, 6.07) is 10.5. The summed E-state index contributed by atoms with van der Waals surface area (Å²) in [6.45, 7) is 3.97. The van der Waals surface area contributed by atoms with Gasteiger partial charge in [0, 0.05) is 23.3 Å². The van der Waals surface area contributed by atoms with E-state index in [9.17, 15) is 22.8 Å². The van der Waals surface area contributed by atoms with Gasteiger partial charge in [-0.1, -0.05) is 37.6 Å². The van der Waals surface area contributed by atoms with Crippen LogP contribution >= 0.6 is 11.6 Å². The average molecular weight is 931 g/mol. The third kappa shape index (κ3) is 8.16. The Hall–Kier alpha value is -5.09. The molecule has 0 unspecified atom stereocenters. The van der Waals surface area contributed by atoms with Crippen LogP contribution in [-0.2, 0) is 29.1 Å². The number of rotatable bonds is 10.